The Balaban J connectivity index is 2.26. The molecule has 0 bridgehead atoms. The van der Waals surface area contributed by atoms with Gasteiger partial charge in [-0.3, -0.25) is 4.79 Å². The second-order valence-corrected chi connectivity index (χ2v) is 5.22. The van der Waals surface area contributed by atoms with Crippen LogP contribution in [0.2, 0.25) is 0 Å². The molecule has 0 spiro atoms. The summed E-state index contributed by atoms with van der Waals surface area (Å²) in [6.45, 7) is 0.572. The molecule has 1 unspecified atom stereocenters. The summed E-state index contributed by atoms with van der Waals surface area (Å²) in [5.41, 5.74) is -0.560. The van der Waals surface area contributed by atoms with E-state index in [0.717, 1.165) is 0 Å². The molecular weight excluding hydrogens is 291 g/mol. The molecule has 92 valence electrons. The molecule has 3 nitrogen and oxygen atoms in total. The summed E-state index contributed by atoms with van der Waals surface area (Å²) in [7, 11) is 0. The molecule has 1 atom stereocenters. The fourth-order valence-electron chi connectivity index (χ4n) is 2.02. The maximum atomic E-state index is 13.7. The number of carboxylic acid groups (broad SMARTS) is 1. The SMILES string of the molecule is O=C(O)C1(Cc2ccc(Br)cc2F)CCOC1. The van der Waals surface area contributed by atoms with E-state index in [1.807, 2.05) is 0 Å². The van der Waals surface area contributed by atoms with Crippen LogP contribution in [0, 0.1) is 11.2 Å². The van der Waals surface area contributed by atoms with E-state index in [0.29, 0.717) is 23.1 Å². The van der Waals surface area contributed by atoms with Crippen LogP contribution in [0.25, 0.3) is 0 Å². The Bertz CT molecular complexity index is 441. The summed E-state index contributed by atoms with van der Waals surface area (Å²) >= 11 is 3.17. The van der Waals surface area contributed by atoms with Crippen LogP contribution in [0.3, 0.4) is 0 Å². The standard InChI is InChI=1S/C12H12BrFO3/c13-9-2-1-8(10(14)5-9)6-12(11(15)16)3-4-17-7-12/h1-2,5H,3-4,6-7H2,(H,15,16). The van der Waals surface area contributed by atoms with Crippen molar-refractivity contribution in [2.75, 3.05) is 13.2 Å². The zero-order chi connectivity index (χ0) is 12.5. The minimum absolute atomic E-state index is 0.151. The molecule has 0 aliphatic carbocycles. The van der Waals surface area contributed by atoms with Gasteiger partial charge in [0.15, 0.2) is 0 Å². The van der Waals surface area contributed by atoms with E-state index in [1.165, 1.54) is 6.07 Å². The second-order valence-electron chi connectivity index (χ2n) is 4.30. The van der Waals surface area contributed by atoms with Gasteiger partial charge in [-0.1, -0.05) is 22.0 Å². The number of aliphatic carboxylic acids is 1. The first-order valence-corrected chi connectivity index (χ1v) is 6.08. The molecule has 0 amide bonds. The largest absolute Gasteiger partial charge is 0.481 e. The summed E-state index contributed by atoms with van der Waals surface area (Å²) in [4.78, 5) is 11.3. The third-order valence-corrected chi connectivity index (χ3v) is 3.59. The molecule has 1 N–H and O–H groups in total. The minimum atomic E-state index is -0.978. The molecule has 1 saturated heterocycles. The van der Waals surface area contributed by atoms with E-state index in [9.17, 15) is 14.3 Å². The van der Waals surface area contributed by atoms with Crippen LogP contribution < -0.4 is 0 Å². The van der Waals surface area contributed by atoms with E-state index in [4.69, 9.17) is 4.74 Å². The van der Waals surface area contributed by atoms with Crippen molar-refractivity contribution in [2.24, 2.45) is 5.41 Å². The number of carboxylic acids is 1. The molecule has 0 saturated carbocycles. The van der Waals surface area contributed by atoms with Crippen LogP contribution in [-0.4, -0.2) is 24.3 Å². The van der Waals surface area contributed by atoms with Crippen LogP contribution >= 0.6 is 15.9 Å². The number of benzene rings is 1. The van der Waals surface area contributed by atoms with Crippen molar-refractivity contribution in [1.82, 2.24) is 0 Å². The third kappa shape index (κ3) is 2.50. The Hall–Kier alpha value is -0.940. The summed E-state index contributed by atoms with van der Waals surface area (Å²) in [5, 5.41) is 9.26. The number of carbonyl (C=O) groups is 1. The maximum absolute atomic E-state index is 13.7. The van der Waals surface area contributed by atoms with Gasteiger partial charge in [0.2, 0.25) is 0 Å². The maximum Gasteiger partial charge on any atom is 0.312 e. The molecule has 1 aliphatic heterocycles. The molecule has 0 aromatic heterocycles. The van der Waals surface area contributed by atoms with Crippen LogP contribution in [0.1, 0.15) is 12.0 Å². The van der Waals surface area contributed by atoms with E-state index in [2.05, 4.69) is 15.9 Å². The summed E-state index contributed by atoms with van der Waals surface area (Å²) in [6.07, 6.45) is 0.597. The van der Waals surface area contributed by atoms with Crippen LogP contribution in [-0.2, 0) is 16.0 Å². The average molecular weight is 303 g/mol. The highest BCUT2D eigenvalue weighted by molar-refractivity contribution is 9.10. The Morgan fingerprint density at radius 3 is 2.88 bits per heavy atom. The Morgan fingerprint density at radius 1 is 1.59 bits per heavy atom. The summed E-state index contributed by atoms with van der Waals surface area (Å²) in [6, 6.07) is 4.67. The number of halogens is 2. The quantitative estimate of drug-likeness (QED) is 0.933. The first-order valence-electron chi connectivity index (χ1n) is 5.29. The number of hydrogen-bond donors (Lipinski definition) is 1. The fourth-order valence-corrected chi connectivity index (χ4v) is 2.35. The van der Waals surface area contributed by atoms with E-state index < -0.39 is 11.4 Å². The highest BCUT2D eigenvalue weighted by Gasteiger charge is 2.43. The van der Waals surface area contributed by atoms with Crippen molar-refractivity contribution in [1.29, 1.82) is 0 Å². The molecule has 1 aromatic carbocycles. The second kappa shape index (κ2) is 4.74. The number of hydrogen-bond acceptors (Lipinski definition) is 2. The van der Waals surface area contributed by atoms with Gasteiger partial charge in [0.25, 0.3) is 0 Å². The van der Waals surface area contributed by atoms with Gasteiger partial charge in [-0.15, -0.1) is 0 Å². The molecule has 1 fully saturated rings. The topological polar surface area (TPSA) is 46.5 Å². The predicted octanol–water partition coefficient (Wildman–Crippen LogP) is 2.62. The molecule has 1 aliphatic rings. The third-order valence-electron chi connectivity index (χ3n) is 3.10. The van der Waals surface area contributed by atoms with Crippen molar-refractivity contribution in [3.8, 4) is 0 Å². The van der Waals surface area contributed by atoms with Crippen molar-refractivity contribution < 1.29 is 19.0 Å². The fraction of sp³-hybridized carbons (Fsp3) is 0.417. The van der Waals surface area contributed by atoms with Gasteiger partial charge in [-0.05, 0) is 30.5 Å². The van der Waals surface area contributed by atoms with Crippen LogP contribution in [0.4, 0.5) is 4.39 Å². The molecule has 0 radical (unpaired) electrons. The molecule has 2 rings (SSSR count). The van der Waals surface area contributed by atoms with Crippen LogP contribution in [0.15, 0.2) is 22.7 Å². The van der Waals surface area contributed by atoms with Crippen molar-refractivity contribution in [2.45, 2.75) is 12.8 Å². The minimum Gasteiger partial charge on any atom is -0.481 e. The molecule has 5 heteroatoms. The first-order chi connectivity index (χ1) is 8.03. The van der Waals surface area contributed by atoms with Gasteiger partial charge >= 0.3 is 5.97 Å². The highest BCUT2D eigenvalue weighted by atomic mass is 79.9. The zero-order valence-corrected chi connectivity index (χ0v) is 10.7. The normalized spacial score (nSPS) is 23.9. The highest BCUT2D eigenvalue weighted by Crippen LogP contribution is 2.34. The van der Waals surface area contributed by atoms with Gasteiger partial charge in [-0.2, -0.15) is 0 Å². The summed E-state index contributed by atoms with van der Waals surface area (Å²) < 4.78 is 19.5. The lowest BCUT2D eigenvalue weighted by atomic mass is 9.81. The van der Waals surface area contributed by atoms with Gasteiger partial charge in [-0.25, -0.2) is 4.39 Å². The molecular formula is C12H12BrFO3. The predicted molar refractivity (Wildman–Crippen MR) is 63.3 cm³/mol. The van der Waals surface area contributed by atoms with Gasteiger partial charge < -0.3 is 9.84 Å². The monoisotopic (exact) mass is 302 g/mol. The molecule has 1 heterocycles. The van der Waals surface area contributed by atoms with Gasteiger partial charge in [0.1, 0.15) is 5.82 Å². The Morgan fingerprint density at radius 2 is 2.35 bits per heavy atom. The van der Waals surface area contributed by atoms with Crippen molar-refractivity contribution in [3.05, 3.63) is 34.1 Å². The lowest BCUT2D eigenvalue weighted by Gasteiger charge is -2.22. The Kier molecular flexibility index (Phi) is 3.49. The lowest BCUT2D eigenvalue weighted by Crippen LogP contribution is -2.34. The van der Waals surface area contributed by atoms with Crippen molar-refractivity contribution in [3.63, 3.8) is 0 Å². The summed E-state index contributed by atoms with van der Waals surface area (Å²) in [5.74, 6) is -1.30. The van der Waals surface area contributed by atoms with Crippen molar-refractivity contribution >= 4 is 21.9 Å². The lowest BCUT2D eigenvalue weighted by molar-refractivity contribution is -0.148. The van der Waals surface area contributed by atoms with E-state index in [-0.39, 0.29) is 18.8 Å². The smallest absolute Gasteiger partial charge is 0.312 e. The van der Waals surface area contributed by atoms with E-state index in [1.54, 1.807) is 12.1 Å². The van der Waals surface area contributed by atoms with Crippen LogP contribution in [0.5, 0.6) is 0 Å². The molecule has 1 aromatic rings. The first kappa shape index (κ1) is 12.5. The number of ether oxygens (including phenoxy) is 1. The van der Waals surface area contributed by atoms with Gasteiger partial charge in [0, 0.05) is 11.1 Å². The average Bonchev–Trinajstić information content (AvgIpc) is 2.72. The Labute approximate surface area is 107 Å². The van der Waals surface area contributed by atoms with Gasteiger partial charge in [0.05, 0.1) is 12.0 Å². The number of rotatable bonds is 3. The zero-order valence-electron chi connectivity index (χ0n) is 9.08. The van der Waals surface area contributed by atoms with E-state index >= 15 is 0 Å². The molecule has 17 heavy (non-hydrogen) atoms.